The van der Waals surface area contributed by atoms with Crippen LogP contribution < -0.4 is 5.32 Å². The Balaban J connectivity index is 2.23. The topological polar surface area (TPSA) is 29.9 Å². The number of hydrogen-bond donors (Lipinski definition) is 1. The van der Waals surface area contributed by atoms with Crippen molar-refractivity contribution < 1.29 is 0 Å². The summed E-state index contributed by atoms with van der Waals surface area (Å²) >= 11 is 3.73. The molecule has 16 heavy (non-hydrogen) atoms. The molecule has 1 aromatic heterocycles. The third-order valence-corrected chi connectivity index (χ3v) is 4.20. The number of aromatic nitrogens is 2. The van der Waals surface area contributed by atoms with Crippen LogP contribution in [0.25, 0.3) is 0 Å². The van der Waals surface area contributed by atoms with Crippen LogP contribution in [0, 0.1) is 0 Å². The molecular formula is C12H20BrN3. The van der Waals surface area contributed by atoms with Gasteiger partial charge in [-0.15, -0.1) is 0 Å². The van der Waals surface area contributed by atoms with Gasteiger partial charge in [-0.2, -0.15) is 5.10 Å². The van der Waals surface area contributed by atoms with Crippen LogP contribution in [0.4, 0.5) is 0 Å². The predicted molar refractivity (Wildman–Crippen MR) is 69.7 cm³/mol. The summed E-state index contributed by atoms with van der Waals surface area (Å²) in [6.07, 6.45) is 4.70. The largest absolute Gasteiger partial charge is 0.317 e. The van der Waals surface area contributed by atoms with Crippen molar-refractivity contribution in [2.75, 3.05) is 13.1 Å². The molecular weight excluding hydrogens is 266 g/mol. The second-order valence-electron chi connectivity index (χ2n) is 4.54. The minimum atomic E-state index is 0.632. The Morgan fingerprint density at radius 3 is 2.75 bits per heavy atom. The molecule has 0 aromatic carbocycles. The first kappa shape index (κ1) is 12.1. The number of rotatable bonds is 3. The Kier molecular flexibility index (Phi) is 4.03. The molecule has 1 fully saturated rings. The first-order chi connectivity index (χ1) is 7.74. The van der Waals surface area contributed by atoms with E-state index in [2.05, 4.69) is 35.2 Å². The minimum absolute atomic E-state index is 0.632. The highest BCUT2D eigenvalue weighted by Gasteiger charge is 2.23. The van der Waals surface area contributed by atoms with E-state index in [9.17, 15) is 0 Å². The number of halogens is 1. The van der Waals surface area contributed by atoms with Crippen molar-refractivity contribution in [1.82, 2.24) is 15.1 Å². The third kappa shape index (κ3) is 2.33. The van der Waals surface area contributed by atoms with E-state index in [4.69, 9.17) is 5.10 Å². The maximum absolute atomic E-state index is 4.69. The lowest BCUT2D eigenvalue weighted by Crippen LogP contribution is -2.27. The standard InChI is InChI=1S/C12H20BrN3/c1-3-4-10-11(13)12(15-16(10)2)9-5-7-14-8-6-9/h9,14H,3-8H2,1-2H3. The van der Waals surface area contributed by atoms with Gasteiger partial charge in [-0.3, -0.25) is 4.68 Å². The summed E-state index contributed by atoms with van der Waals surface area (Å²) in [5.41, 5.74) is 2.61. The van der Waals surface area contributed by atoms with Crippen molar-refractivity contribution in [1.29, 1.82) is 0 Å². The van der Waals surface area contributed by atoms with E-state index in [-0.39, 0.29) is 0 Å². The Labute approximate surface area is 106 Å². The van der Waals surface area contributed by atoms with Crippen LogP contribution in [-0.4, -0.2) is 22.9 Å². The molecule has 90 valence electrons. The van der Waals surface area contributed by atoms with Gasteiger partial charge in [0.25, 0.3) is 0 Å². The van der Waals surface area contributed by atoms with Gasteiger partial charge in [0, 0.05) is 13.0 Å². The molecule has 0 atom stereocenters. The van der Waals surface area contributed by atoms with Crippen LogP contribution in [0.2, 0.25) is 0 Å². The van der Waals surface area contributed by atoms with Crippen molar-refractivity contribution in [2.24, 2.45) is 7.05 Å². The van der Waals surface area contributed by atoms with Gasteiger partial charge >= 0.3 is 0 Å². The van der Waals surface area contributed by atoms with E-state index >= 15 is 0 Å². The molecule has 1 aliphatic heterocycles. The van der Waals surface area contributed by atoms with Crippen LogP contribution in [0.15, 0.2) is 4.47 Å². The average Bonchev–Trinajstić information content (AvgIpc) is 2.59. The van der Waals surface area contributed by atoms with Gasteiger partial charge in [0.2, 0.25) is 0 Å². The van der Waals surface area contributed by atoms with E-state index in [1.165, 1.54) is 35.1 Å². The highest BCUT2D eigenvalue weighted by molar-refractivity contribution is 9.10. The predicted octanol–water partition coefficient (Wildman–Crippen LogP) is 2.60. The van der Waals surface area contributed by atoms with Crippen molar-refractivity contribution in [3.8, 4) is 0 Å². The molecule has 1 N–H and O–H groups in total. The summed E-state index contributed by atoms with van der Waals surface area (Å²) in [7, 11) is 2.06. The van der Waals surface area contributed by atoms with Crippen LogP contribution in [-0.2, 0) is 13.5 Å². The molecule has 0 amide bonds. The van der Waals surface area contributed by atoms with Gasteiger partial charge in [0.15, 0.2) is 0 Å². The molecule has 0 spiro atoms. The molecule has 0 unspecified atom stereocenters. The maximum atomic E-state index is 4.69. The molecule has 0 saturated carbocycles. The van der Waals surface area contributed by atoms with Crippen molar-refractivity contribution in [2.45, 2.75) is 38.5 Å². The monoisotopic (exact) mass is 285 g/mol. The Bertz CT molecular complexity index is 353. The van der Waals surface area contributed by atoms with E-state index in [0.29, 0.717) is 5.92 Å². The molecule has 0 radical (unpaired) electrons. The van der Waals surface area contributed by atoms with Gasteiger partial charge in [0.1, 0.15) is 0 Å². The zero-order valence-corrected chi connectivity index (χ0v) is 11.7. The maximum Gasteiger partial charge on any atom is 0.0801 e. The number of nitrogens with one attached hydrogen (secondary N) is 1. The summed E-state index contributed by atoms with van der Waals surface area (Å²) in [6, 6.07) is 0. The molecule has 2 rings (SSSR count). The fourth-order valence-electron chi connectivity index (χ4n) is 2.42. The molecule has 0 bridgehead atoms. The summed E-state index contributed by atoms with van der Waals surface area (Å²) in [4.78, 5) is 0. The fourth-order valence-corrected chi connectivity index (χ4v) is 3.28. The van der Waals surface area contributed by atoms with Crippen molar-refractivity contribution in [3.63, 3.8) is 0 Å². The number of hydrogen-bond acceptors (Lipinski definition) is 2. The van der Waals surface area contributed by atoms with Gasteiger partial charge in [-0.25, -0.2) is 0 Å². The molecule has 1 aliphatic rings. The molecule has 1 saturated heterocycles. The number of aryl methyl sites for hydroxylation is 1. The van der Waals surface area contributed by atoms with Crippen LogP contribution in [0.3, 0.4) is 0 Å². The van der Waals surface area contributed by atoms with E-state index in [0.717, 1.165) is 19.5 Å². The summed E-state index contributed by atoms with van der Waals surface area (Å²) in [6.45, 7) is 4.46. The lowest BCUT2D eigenvalue weighted by atomic mass is 9.94. The third-order valence-electron chi connectivity index (χ3n) is 3.34. The number of nitrogens with zero attached hydrogens (tertiary/aromatic N) is 2. The minimum Gasteiger partial charge on any atom is -0.317 e. The second kappa shape index (κ2) is 5.32. The summed E-state index contributed by atoms with van der Waals surface area (Å²) in [5.74, 6) is 0.632. The Hall–Kier alpha value is -0.350. The Morgan fingerprint density at radius 1 is 1.44 bits per heavy atom. The highest BCUT2D eigenvalue weighted by atomic mass is 79.9. The second-order valence-corrected chi connectivity index (χ2v) is 5.34. The average molecular weight is 286 g/mol. The zero-order valence-electron chi connectivity index (χ0n) is 10.1. The summed E-state index contributed by atoms with van der Waals surface area (Å²) in [5, 5.41) is 8.10. The SMILES string of the molecule is CCCc1c(Br)c(C2CCNCC2)nn1C. The fraction of sp³-hybridized carbons (Fsp3) is 0.750. The van der Waals surface area contributed by atoms with Crippen LogP contribution in [0.1, 0.15) is 43.5 Å². The number of piperidine rings is 1. The normalized spacial score (nSPS) is 17.9. The van der Waals surface area contributed by atoms with E-state index in [1.807, 2.05) is 4.68 Å². The quantitative estimate of drug-likeness (QED) is 0.925. The smallest absolute Gasteiger partial charge is 0.0801 e. The Morgan fingerprint density at radius 2 is 2.12 bits per heavy atom. The zero-order chi connectivity index (χ0) is 11.5. The first-order valence-corrected chi connectivity index (χ1v) is 6.95. The lowest BCUT2D eigenvalue weighted by Gasteiger charge is -2.21. The van der Waals surface area contributed by atoms with E-state index in [1.54, 1.807) is 0 Å². The van der Waals surface area contributed by atoms with Crippen molar-refractivity contribution in [3.05, 3.63) is 15.9 Å². The van der Waals surface area contributed by atoms with Gasteiger partial charge in [-0.1, -0.05) is 13.3 Å². The molecule has 4 heteroatoms. The van der Waals surface area contributed by atoms with Gasteiger partial charge in [0.05, 0.1) is 15.9 Å². The lowest BCUT2D eigenvalue weighted by molar-refractivity contribution is 0.449. The molecule has 1 aromatic rings. The van der Waals surface area contributed by atoms with Crippen molar-refractivity contribution >= 4 is 15.9 Å². The van der Waals surface area contributed by atoms with Crippen LogP contribution >= 0.6 is 15.9 Å². The van der Waals surface area contributed by atoms with Gasteiger partial charge < -0.3 is 5.32 Å². The van der Waals surface area contributed by atoms with Crippen LogP contribution in [0.5, 0.6) is 0 Å². The molecule has 2 heterocycles. The van der Waals surface area contributed by atoms with E-state index < -0.39 is 0 Å². The van der Waals surface area contributed by atoms with Gasteiger partial charge in [-0.05, 0) is 48.3 Å². The first-order valence-electron chi connectivity index (χ1n) is 6.16. The molecule has 3 nitrogen and oxygen atoms in total. The molecule has 0 aliphatic carbocycles. The summed E-state index contributed by atoms with van der Waals surface area (Å²) < 4.78 is 3.30. The highest BCUT2D eigenvalue weighted by Crippen LogP contribution is 2.32.